The molecule has 2 atom stereocenters. The number of rotatable bonds is 9. The molecular formula is C15H13N5O8S2. The van der Waals surface area contributed by atoms with E-state index in [-0.39, 0.29) is 16.5 Å². The minimum absolute atomic E-state index is 0.0155. The number of aromatic nitrogens is 1. The van der Waals surface area contributed by atoms with Crippen molar-refractivity contribution in [2.24, 2.45) is 5.16 Å². The molecule has 0 aliphatic carbocycles. The molecule has 4 N–H and O–H groups in total. The summed E-state index contributed by atoms with van der Waals surface area (Å²) < 4.78 is 0. The number of thioether (sulfide) groups is 1. The Morgan fingerprint density at radius 3 is 2.83 bits per heavy atom. The monoisotopic (exact) mass is 455 g/mol. The van der Waals surface area contributed by atoms with Gasteiger partial charge in [-0.05, 0) is 6.08 Å². The highest BCUT2D eigenvalue weighted by Gasteiger charge is 2.53. The van der Waals surface area contributed by atoms with Crippen LogP contribution in [0.3, 0.4) is 0 Å². The summed E-state index contributed by atoms with van der Waals surface area (Å²) >= 11 is 2.25. The molecule has 0 saturated carbocycles. The molecule has 1 aromatic heterocycles. The van der Waals surface area contributed by atoms with Crippen LogP contribution in [0.25, 0.3) is 0 Å². The molecule has 1 saturated heterocycles. The molecule has 13 nitrogen and oxygen atoms in total. The van der Waals surface area contributed by atoms with Crippen LogP contribution in [0.4, 0.5) is 5.13 Å². The molecule has 0 spiro atoms. The van der Waals surface area contributed by atoms with Crippen LogP contribution in [-0.4, -0.2) is 79.7 Å². The third-order valence-corrected chi connectivity index (χ3v) is 5.80. The number of amides is 3. The average molecular weight is 455 g/mol. The van der Waals surface area contributed by atoms with Crippen molar-refractivity contribution in [2.75, 3.05) is 17.7 Å². The van der Waals surface area contributed by atoms with Crippen LogP contribution in [0.1, 0.15) is 5.69 Å². The molecule has 3 heterocycles. The maximum atomic E-state index is 12.7. The SMILES string of the molecule is O=CNc1nc(/C(=N\OCC(=O)O)C(=O)NC2C(=O)N3C(C(=O)O)=CCS[C@H]23)cs1. The Bertz CT molecular complexity index is 974. The van der Waals surface area contributed by atoms with Gasteiger partial charge < -0.3 is 25.7 Å². The Morgan fingerprint density at radius 1 is 1.40 bits per heavy atom. The van der Waals surface area contributed by atoms with Crippen LogP contribution in [0.15, 0.2) is 22.3 Å². The van der Waals surface area contributed by atoms with E-state index in [0.717, 1.165) is 16.2 Å². The Balaban J connectivity index is 1.77. The van der Waals surface area contributed by atoms with Crippen molar-refractivity contribution < 1.29 is 39.0 Å². The van der Waals surface area contributed by atoms with Crippen molar-refractivity contribution in [3.8, 4) is 0 Å². The molecule has 2 aliphatic heterocycles. The number of fused-ring (bicyclic) bond motifs is 1. The predicted molar refractivity (Wildman–Crippen MR) is 103 cm³/mol. The second-order valence-corrected chi connectivity index (χ2v) is 7.69. The molecule has 158 valence electrons. The molecule has 2 aliphatic rings. The summed E-state index contributed by atoms with van der Waals surface area (Å²) in [5, 5.41) is 27.0. The lowest BCUT2D eigenvalue weighted by Crippen LogP contribution is -2.70. The van der Waals surface area contributed by atoms with E-state index in [1.54, 1.807) is 0 Å². The molecule has 1 fully saturated rings. The summed E-state index contributed by atoms with van der Waals surface area (Å²) in [5.41, 5.74) is -0.581. The van der Waals surface area contributed by atoms with Gasteiger partial charge in [-0.15, -0.1) is 23.1 Å². The topological polar surface area (TPSA) is 188 Å². The van der Waals surface area contributed by atoms with Crippen molar-refractivity contribution in [3.63, 3.8) is 0 Å². The number of carbonyl (C=O) groups excluding carboxylic acids is 3. The number of hydrogen-bond donors (Lipinski definition) is 4. The van der Waals surface area contributed by atoms with Crippen LogP contribution >= 0.6 is 23.1 Å². The Labute approximate surface area is 175 Å². The molecule has 15 heteroatoms. The highest BCUT2D eigenvalue weighted by atomic mass is 32.2. The number of thiazole rings is 1. The zero-order valence-corrected chi connectivity index (χ0v) is 16.4. The summed E-state index contributed by atoms with van der Waals surface area (Å²) in [5.74, 6) is -3.72. The van der Waals surface area contributed by atoms with E-state index in [0.29, 0.717) is 12.2 Å². The number of carboxylic acids is 2. The first-order valence-corrected chi connectivity index (χ1v) is 10.0. The first kappa shape index (κ1) is 21.3. The van der Waals surface area contributed by atoms with Gasteiger partial charge in [0.1, 0.15) is 22.8 Å². The summed E-state index contributed by atoms with van der Waals surface area (Å²) in [6.45, 7) is -0.818. The number of anilines is 1. The van der Waals surface area contributed by atoms with Crippen LogP contribution in [-0.2, 0) is 28.8 Å². The van der Waals surface area contributed by atoms with Crippen molar-refractivity contribution in [2.45, 2.75) is 11.4 Å². The van der Waals surface area contributed by atoms with Gasteiger partial charge in [0.05, 0.1) is 0 Å². The lowest BCUT2D eigenvalue weighted by molar-refractivity contribution is -0.150. The normalized spacial score (nSPS) is 20.4. The highest BCUT2D eigenvalue weighted by Crippen LogP contribution is 2.37. The lowest BCUT2D eigenvalue weighted by atomic mass is 10.0. The fraction of sp³-hybridized carbons (Fsp3) is 0.267. The number of β-lactam (4-membered cyclic amide) rings is 1. The first-order chi connectivity index (χ1) is 14.3. The van der Waals surface area contributed by atoms with E-state index in [1.807, 2.05) is 0 Å². The number of nitrogens with one attached hydrogen (secondary N) is 2. The van der Waals surface area contributed by atoms with Crippen molar-refractivity contribution >= 4 is 64.1 Å². The average Bonchev–Trinajstić information content (AvgIpc) is 3.16. The standard InChI is InChI=1S/C15H13N5O8S2/c21-5-16-15-17-6(4-30-15)9(19-28-3-8(22)23)11(24)18-10-12(25)20-7(14(26)27)1-2-29-13(10)20/h1,4-5,10,13H,2-3H2,(H,18,24)(H,22,23)(H,26,27)(H,16,17,21)/b19-9+/t10?,13-/m1/s1. The lowest BCUT2D eigenvalue weighted by Gasteiger charge is -2.48. The predicted octanol–water partition coefficient (Wildman–Crippen LogP) is -1.11. The minimum Gasteiger partial charge on any atom is -0.479 e. The van der Waals surface area contributed by atoms with Crippen molar-refractivity contribution in [3.05, 3.63) is 22.8 Å². The Morgan fingerprint density at radius 2 is 2.17 bits per heavy atom. The van der Waals surface area contributed by atoms with Gasteiger partial charge in [0, 0.05) is 11.1 Å². The zero-order valence-electron chi connectivity index (χ0n) is 14.8. The van der Waals surface area contributed by atoms with Gasteiger partial charge >= 0.3 is 11.9 Å². The second kappa shape index (κ2) is 8.91. The van der Waals surface area contributed by atoms with E-state index < -0.39 is 47.5 Å². The van der Waals surface area contributed by atoms with Gasteiger partial charge in [-0.2, -0.15) is 0 Å². The van der Waals surface area contributed by atoms with E-state index in [1.165, 1.54) is 23.2 Å². The van der Waals surface area contributed by atoms with Crippen LogP contribution in [0, 0.1) is 0 Å². The smallest absolute Gasteiger partial charge is 0.352 e. The summed E-state index contributed by atoms with van der Waals surface area (Å²) in [7, 11) is 0. The minimum atomic E-state index is -1.32. The number of aliphatic carboxylic acids is 2. The van der Waals surface area contributed by atoms with Gasteiger partial charge in [-0.1, -0.05) is 5.16 Å². The van der Waals surface area contributed by atoms with Crippen molar-refractivity contribution in [1.82, 2.24) is 15.2 Å². The fourth-order valence-electron chi connectivity index (χ4n) is 2.60. The third-order valence-electron chi connectivity index (χ3n) is 3.84. The summed E-state index contributed by atoms with van der Waals surface area (Å²) in [6.07, 6.45) is 1.79. The molecule has 0 bridgehead atoms. The fourth-order valence-corrected chi connectivity index (χ4v) is 4.45. The van der Waals surface area contributed by atoms with E-state index in [4.69, 9.17) is 5.11 Å². The van der Waals surface area contributed by atoms with Gasteiger partial charge in [0.25, 0.3) is 11.8 Å². The zero-order chi connectivity index (χ0) is 21.8. The summed E-state index contributed by atoms with van der Waals surface area (Å²) in [4.78, 5) is 67.2. The molecule has 3 amide bonds. The number of oxime groups is 1. The summed E-state index contributed by atoms with van der Waals surface area (Å²) in [6, 6.07) is -1.01. The Hall–Kier alpha value is -3.46. The maximum absolute atomic E-state index is 12.7. The van der Waals surface area contributed by atoms with Gasteiger partial charge in [0.15, 0.2) is 10.8 Å². The second-order valence-electron chi connectivity index (χ2n) is 5.68. The van der Waals surface area contributed by atoms with Crippen LogP contribution < -0.4 is 10.6 Å². The van der Waals surface area contributed by atoms with E-state index in [2.05, 4.69) is 25.6 Å². The number of carbonyl (C=O) groups is 5. The number of carboxylic acid groups (broad SMARTS) is 2. The van der Waals surface area contributed by atoms with Crippen molar-refractivity contribution in [1.29, 1.82) is 0 Å². The van der Waals surface area contributed by atoms with Gasteiger partial charge in [0.2, 0.25) is 13.0 Å². The van der Waals surface area contributed by atoms with Gasteiger partial charge in [-0.3, -0.25) is 19.3 Å². The molecule has 3 rings (SSSR count). The largest absolute Gasteiger partial charge is 0.479 e. The van der Waals surface area contributed by atoms with E-state index >= 15 is 0 Å². The number of hydrogen-bond acceptors (Lipinski definition) is 10. The molecule has 1 aromatic rings. The maximum Gasteiger partial charge on any atom is 0.352 e. The van der Waals surface area contributed by atoms with Crippen LogP contribution in [0.2, 0.25) is 0 Å². The molecule has 1 unspecified atom stereocenters. The third kappa shape index (κ3) is 4.25. The molecule has 0 aromatic carbocycles. The number of nitrogens with zero attached hydrogens (tertiary/aromatic N) is 3. The Kier molecular flexibility index (Phi) is 6.31. The molecular weight excluding hydrogens is 442 g/mol. The molecule has 0 radical (unpaired) electrons. The van der Waals surface area contributed by atoms with Gasteiger partial charge in [-0.25, -0.2) is 14.6 Å². The molecule has 30 heavy (non-hydrogen) atoms. The van der Waals surface area contributed by atoms with E-state index in [9.17, 15) is 29.1 Å². The highest BCUT2D eigenvalue weighted by molar-refractivity contribution is 8.00. The quantitative estimate of drug-likeness (QED) is 0.154. The first-order valence-electron chi connectivity index (χ1n) is 8.10. The van der Waals surface area contributed by atoms with Crippen LogP contribution in [0.5, 0.6) is 0 Å².